The van der Waals surface area contributed by atoms with Gasteiger partial charge in [-0.15, -0.1) is 0 Å². The van der Waals surface area contributed by atoms with Gasteiger partial charge in [-0.3, -0.25) is 4.79 Å². The van der Waals surface area contributed by atoms with E-state index in [1.54, 1.807) is 21.3 Å². The second-order valence-electron chi connectivity index (χ2n) is 6.45. The van der Waals surface area contributed by atoms with Crippen LogP contribution in [-0.4, -0.2) is 27.2 Å². The molecule has 0 aliphatic heterocycles. The number of benzene rings is 2. The van der Waals surface area contributed by atoms with Gasteiger partial charge in [0.1, 0.15) is 5.75 Å². The normalized spacial score (nSPS) is 11.6. The number of carbonyl (C=O) groups excluding carboxylic acids is 1. The molecule has 0 fully saturated rings. The molecule has 0 bridgehead atoms. The van der Waals surface area contributed by atoms with Crippen molar-refractivity contribution in [2.24, 2.45) is 0 Å². The summed E-state index contributed by atoms with van der Waals surface area (Å²) in [6, 6.07) is 11.7. The number of ether oxygens (including phenoxy) is 3. The number of hydrogen-bond acceptors (Lipinski definition) is 4. The van der Waals surface area contributed by atoms with Crippen LogP contribution in [0.2, 0.25) is 0 Å². The number of methoxy groups -OCH3 is 3. The Bertz CT molecular complexity index is 773. The molecule has 146 valence electrons. The fourth-order valence-electron chi connectivity index (χ4n) is 3.11. The summed E-state index contributed by atoms with van der Waals surface area (Å²) in [4.78, 5) is 12.5. The van der Waals surface area contributed by atoms with Gasteiger partial charge >= 0.3 is 0 Å². The summed E-state index contributed by atoms with van der Waals surface area (Å²) in [6.07, 6.45) is 1.93. The number of aryl methyl sites for hydroxylation is 2. The highest BCUT2D eigenvalue weighted by Crippen LogP contribution is 2.31. The monoisotopic (exact) mass is 371 g/mol. The largest absolute Gasteiger partial charge is 0.496 e. The summed E-state index contributed by atoms with van der Waals surface area (Å²) < 4.78 is 15.9. The number of amides is 1. The second kappa shape index (κ2) is 9.86. The zero-order chi connectivity index (χ0) is 19.8. The quantitative estimate of drug-likeness (QED) is 0.717. The van der Waals surface area contributed by atoms with Crippen LogP contribution in [0.3, 0.4) is 0 Å². The van der Waals surface area contributed by atoms with Crippen LogP contribution in [-0.2, 0) is 11.2 Å². The van der Waals surface area contributed by atoms with E-state index in [4.69, 9.17) is 14.2 Å². The van der Waals surface area contributed by atoms with Crippen LogP contribution in [0.5, 0.6) is 17.2 Å². The van der Waals surface area contributed by atoms with Gasteiger partial charge in [-0.2, -0.15) is 0 Å². The molecule has 2 aromatic rings. The van der Waals surface area contributed by atoms with E-state index in [1.165, 1.54) is 0 Å². The molecule has 5 nitrogen and oxygen atoms in total. The first-order chi connectivity index (χ1) is 13.0. The zero-order valence-electron chi connectivity index (χ0n) is 16.8. The summed E-state index contributed by atoms with van der Waals surface area (Å²) in [5.74, 6) is 2.24. The minimum Gasteiger partial charge on any atom is -0.496 e. The first-order valence-corrected chi connectivity index (χ1v) is 9.17. The predicted octanol–water partition coefficient (Wildman–Crippen LogP) is 4.22. The Balaban J connectivity index is 1.99. The van der Waals surface area contributed by atoms with Crippen molar-refractivity contribution in [3.05, 3.63) is 53.1 Å². The lowest BCUT2D eigenvalue weighted by atomic mass is 10.0. The molecule has 2 aromatic carbocycles. The smallest absolute Gasteiger partial charge is 0.220 e. The molecule has 0 saturated carbocycles. The lowest BCUT2D eigenvalue weighted by Crippen LogP contribution is -2.28. The van der Waals surface area contributed by atoms with E-state index >= 15 is 0 Å². The van der Waals surface area contributed by atoms with Crippen LogP contribution in [0, 0.1) is 6.92 Å². The average molecular weight is 371 g/mol. The molecule has 1 unspecified atom stereocenters. The molecule has 0 spiro atoms. The summed E-state index contributed by atoms with van der Waals surface area (Å²) in [6.45, 7) is 4.06. The minimum absolute atomic E-state index is 0.0325. The van der Waals surface area contributed by atoms with Crippen LogP contribution in [0.4, 0.5) is 0 Å². The van der Waals surface area contributed by atoms with Crippen LogP contribution >= 0.6 is 0 Å². The van der Waals surface area contributed by atoms with Crippen molar-refractivity contribution >= 4 is 5.91 Å². The van der Waals surface area contributed by atoms with Crippen LogP contribution in [0.15, 0.2) is 36.4 Å². The average Bonchev–Trinajstić information content (AvgIpc) is 2.70. The Kier molecular flexibility index (Phi) is 7.53. The Hall–Kier alpha value is -2.69. The molecule has 1 amide bonds. The Labute approximate surface area is 161 Å². The maximum atomic E-state index is 12.5. The highest BCUT2D eigenvalue weighted by atomic mass is 16.5. The van der Waals surface area contributed by atoms with Gasteiger partial charge in [-0.1, -0.05) is 25.1 Å². The minimum atomic E-state index is -0.0603. The Morgan fingerprint density at radius 2 is 1.63 bits per heavy atom. The summed E-state index contributed by atoms with van der Waals surface area (Å²) in [5, 5.41) is 3.12. The van der Waals surface area contributed by atoms with Gasteiger partial charge < -0.3 is 19.5 Å². The lowest BCUT2D eigenvalue weighted by Gasteiger charge is -2.19. The zero-order valence-corrected chi connectivity index (χ0v) is 16.8. The number of rotatable bonds is 9. The molecule has 2 rings (SSSR count). The third-order valence-electron chi connectivity index (χ3n) is 4.65. The van der Waals surface area contributed by atoms with Crippen molar-refractivity contribution in [2.75, 3.05) is 21.3 Å². The Morgan fingerprint density at radius 3 is 2.22 bits per heavy atom. The molecule has 0 aromatic heterocycles. The molecule has 1 N–H and O–H groups in total. The van der Waals surface area contributed by atoms with E-state index < -0.39 is 0 Å². The Morgan fingerprint density at radius 1 is 0.963 bits per heavy atom. The van der Waals surface area contributed by atoms with E-state index in [2.05, 4.69) is 18.3 Å². The van der Waals surface area contributed by atoms with Crippen molar-refractivity contribution in [3.63, 3.8) is 0 Å². The molecule has 0 heterocycles. The van der Waals surface area contributed by atoms with Crippen LogP contribution < -0.4 is 19.5 Å². The standard InChI is InChI=1S/C22H29NO4/c1-6-18(17-9-11-20(26-4)21(14-17)27-5)23-22(24)12-8-16-7-10-19(25-3)15(2)13-16/h7,9-11,13-14,18H,6,8,12H2,1-5H3,(H,23,24). The van der Waals surface area contributed by atoms with Crippen LogP contribution in [0.25, 0.3) is 0 Å². The first-order valence-electron chi connectivity index (χ1n) is 9.17. The van der Waals surface area contributed by atoms with Gasteiger partial charge in [0.15, 0.2) is 11.5 Å². The molecule has 1 atom stereocenters. The summed E-state index contributed by atoms with van der Waals surface area (Å²) >= 11 is 0. The van der Waals surface area contributed by atoms with Crippen molar-refractivity contribution in [1.29, 1.82) is 0 Å². The van der Waals surface area contributed by atoms with Gasteiger partial charge in [0.25, 0.3) is 0 Å². The maximum absolute atomic E-state index is 12.5. The molecular formula is C22H29NO4. The number of nitrogens with one attached hydrogen (secondary N) is 1. The van der Waals surface area contributed by atoms with Gasteiger partial charge in [-0.05, 0) is 54.7 Å². The fraction of sp³-hybridized carbons (Fsp3) is 0.409. The van der Waals surface area contributed by atoms with Crippen molar-refractivity contribution in [1.82, 2.24) is 5.32 Å². The SMILES string of the molecule is CCC(NC(=O)CCc1ccc(OC)c(C)c1)c1ccc(OC)c(OC)c1. The molecular weight excluding hydrogens is 342 g/mol. The van der Waals surface area contributed by atoms with Gasteiger partial charge in [-0.25, -0.2) is 0 Å². The molecule has 27 heavy (non-hydrogen) atoms. The maximum Gasteiger partial charge on any atom is 0.220 e. The third-order valence-corrected chi connectivity index (χ3v) is 4.65. The van der Waals surface area contributed by atoms with Crippen molar-refractivity contribution < 1.29 is 19.0 Å². The topological polar surface area (TPSA) is 56.8 Å². The first kappa shape index (κ1) is 20.6. The fourth-order valence-corrected chi connectivity index (χ4v) is 3.11. The van der Waals surface area contributed by atoms with Crippen molar-refractivity contribution in [3.8, 4) is 17.2 Å². The lowest BCUT2D eigenvalue weighted by molar-refractivity contribution is -0.121. The molecule has 0 aliphatic rings. The van der Waals surface area contributed by atoms with E-state index in [1.807, 2.05) is 37.3 Å². The predicted molar refractivity (Wildman–Crippen MR) is 107 cm³/mol. The van der Waals surface area contributed by atoms with Crippen molar-refractivity contribution in [2.45, 2.75) is 39.2 Å². The van der Waals surface area contributed by atoms with E-state index in [0.29, 0.717) is 24.3 Å². The highest BCUT2D eigenvalue weighted by molar-refractivity contribution is 5.76. The van der Waals surface area contributed by atoms with Gasteiger partial charge in [0.05, 0.1) is 27.4 Å². The number of hydrogen-bond donors (Lipinski definition) is 1. The molecule has 0 aliphatic carbocycles. The van der Waals surface area contributed by atoms with Gasteiger partial charge in [0, 0.05) is 6.42 Å². The van der Waals surface area contributed by atoms with E-state index in [0.717, 1.165) is 28.9 Å². The second-order valence-corrected chi connectivity index (χ2v) is 6.45. The van der Waals surface area contributed by atoms with Crippen LogP contribution in [0.1, 0.15) is 42.5 Å². The van der Waals surface area contributed by atoms with Gasteiger partial charge in [0.2, 0.25) is 5.91 Å². The summed E-state index contributed by atoms with van der Waals surface area (Å²) in [5.41, 5.74) is 3.21. The molecule has 5 heteroatoms. The van der Waals surface area contributed by atoms with E-state index in [9.17, 15) is 4.79 Å². The molecule has 0 radical (unpaired) electrons. The van der Waals surface area contributed by atoms with E-state index in [-0.39, 0.29) is 11.9 Å². The number of carbonyl (C=O) groups is 1. The third kappa shape index (κ3) is 5.39. The highest BCUT2D eigenvalue weighted by Gasteiger charge is 2.15. The molecule has 0 saturated heterocycles. The summed E-state index contributed by atoms with van der Waals surface area (Å²) in [7, 11) is 4.88.